The van der Waals surface area contributed by atoms with Crippen LogP contribution in [0.25, 0.3) is 11.0 Å². The predicted molar refractivity (Wildman–Crippen MR) is 91.2 cm³/mol. The van der Waals surface area contributed by atoms with E-state index in [4.69, 9.17) is 23.2 Å². The maximum Gasteiger partial charge on any atom is 0.322 e. The van der Waals surface area contributed by atoms with Crippen LogP contribution in [0.1, 0.15) is 11.6 Å². The normalized spacial score (nSPS) is 17.7. The van der Waals surface area contributed by atoms with E-state index in [-0.39, 0.29) is 12.1 Å². The predicted octanol–water partition coefficient (Wildman–Crippen LogP) is 4.14. The lowest BCUT2D eigenvalue weighted by Crippen LogP contribution is -2.29. The second-order valence-corrected chi connectivity index (χ2v) is 6.13. The van der Waals surface area contributed by atoms with Crippen molar-refractivity contribution in [3.8, 4) is 0 Å². The van der Waals surface area contributed by atoms with Crippen LogP contribution in [0.5, 0.6) is 0 Å². The quantitative estimate of drug-likeness (QED) is 0.732. The average molecular weight is 347 g/mol. The molecule has 5 nitrogen and oxygen atoms in total. The van der Waals surface area contributed by atoms with Crippen LogP contribution in [-0.4, -0.2) is 22.5 Å². The van der Waals surface area contributed by atoms with E-state index in [2.05, 4.69) is 15.3 Å². The summed E-state index contributed by atoms with van der Waals surface area (Å²) in [5.74, 6) is 0. The van der Waals surface area contributed by atoms with Gasteiger partial charge in [-0.25, -0.2) is 9.78 Å². The first-order chi connectivity index (χ1) is 11.1. The van der Waals surface area contributed by atoms with Gasteiger partial charge in [-0.15, -0.1) is 0 Å². The van der Waals surface area contributed by atoms with E-state index in [0.717, 1.165) is 22.3 Å². The highest BCUT2D eigenvalue weighted by Crippen LogP contribution is 2.38. The number of aromatic nitrogens is 2. The minimum Gasteiger partial charge on any atom is -0.345 e. The fraction of sp³-hybridized carbons (Fsp3) is 0.125. The molecule has 1 fully saturated rings. The highest BCUT2D eigenvalue weighted by atomic mass is 35.5. The van der Waals surface area contributed by atoms with Gasteiger partial charge in [-0.3, -0.25) is 4.90 Å². The Labute approximate surface area is 142 Å². The van der Waals surface area contributed by atoms with Gasteiger partial charge in [-0.1, -0.05) is 29.3 Å². The van der Waals surface area contributed by atoms with E-state index in [1.165, 1.54) is 0 Å². The number of H-pyrrole nitrogens is 1. The Hall–Kier alpha value is -2.24. The third-order valence-electron chi connectivity index (χ3n) is 3.99. The number of amides is 2. The first-order valence-electron chi connectivity index (χ1n) is 7.09. The Morgan fingerprint density at radius 1 is 1.17 bits per heavy atom. The van der Waals surface area contributed by atoms with Gasteiger partial charge >= 0.3 is 6.03 Å². The van der Waals surface area contributed by atoms with Gasteiger partial charge in [0.15, 0.2) is 0 Å². The van der Waals surface area contributed by atoms with E-state index in [0.29, 0.717) is 16.6 Å². The van der Waals surface area contributed by atoms with Gasteiger partial charge in [0.25, 0.3) is 0 Å². The Balaban J connectivity index is 1.82. The molecule has 0 bridgehead atoms. The molecule has 3 aromatic rings. The van der Waals surface area contributed by atoms with Crippen molar-refractivity contribution in [2.45, 2.75) is 6.04 Å². The van der Waals surface area contributed by atoms with Crippen molar-refractivity contribution in [3.05, 3.63) is 58.3 Å². The number of hydrogen-bond acceptors (Lipinski definition) is 2. The minimum absolute atomic E-state index is 0.180. The summed E-state index contributed by atoms with van der Waals surface area (Å²) in [5, 5.41) is 3.95. The van der Waals surface area contributed by atoms with Gasteiger partial charge in [-0.2, -0.15) is 0 Å². The van der Waals surface area contributed by atoms with Gasteiger partial charge in [0.1, 0.15) is 0 Å². The summed E-state index contributed by atoms with van der Waals surface area (Å²) >= 11 is 12.6. The molecule has 2 aromatic carbocycles. The van der Waals surface area contributed by atoms with E-state index in [9.17, 15) is 4.79 Å². The number of aromatic amines is 1. The Bertz CT molecular complexity index is 888. The number of fused-ring (bicyclic) bond motifs is 1. The number of hydrogen-bond donors (Lipinski definition) is 2. The highest BCUT2D eigenvalue weighted by molar-refractivity contribution is 6.36. The summed E-state index contributed by atoms with van der Waals surface area (Å²) in [6.07, 6.45) is 1.63. The third kappa shape index (κ3) is 2.33. The van der Waals surface area contributed by atoms with Crippen molar-refractivity contribution in [3.63, 3.8) is 0 Å². The first-order valence-corrected chi connectivity index (χ1v) is 7.85. The SMILES string of the molecule is O=C1NCC(c2c(Cl)cccc2Cl)N1c1ccc2[nH]cnc2c1. The van der Waals surface area contributed by atoms with Crippen LogP contribution in [0.3, 0.4) is 0 Å². The lowest BCUT2D eigenvalue weighted by atomic mass is 10.1. The fourth-order valence-electron chi connectivity index (χ4n) is 2.93. The Morgan fingerprint density at radius 3 is 2.74 bits per heavy atom. The van der Waals surface area contributed by atoms with Crippen molar-refractivity contribution in [2.75, 3.05) is 11.4 Å². The van der Waals surface area contributed by atoms with Crippen LogP contribution >= 0.6 is 23.2 Å². The molecule has 1 saturated heterocycles. The van der Waals surface area contributed by atoms with Crippen LogP contribution in [0.4, 0.5) is 10.5 Å². The number of urea groups is 1. The summed E-state index contributed by atoms with van der Waals surface area (Å²) in [6, 6.07) is 10.5. The molecule has 23 heavy (non-hydrogen) atoms. The number of nitrogens with zero attached hydrogens (tertiary/aromatic N) is 2. The lowest BCUT2D eigenvalue weighted by molar-refractivity contribution is 0.251. The molecule has 4 rings (SSSR count). The lowest BCUT2D eigenvalue weighted by Gasteiger charge is -2.25. The van der Waals surface area contributed by atoms with Gasteiger partial charge in [0.2, 0.25) is 0 Å². The van der Waals surface area contributed by atoms with Crippen LogP contribution < -0.4 is 10.2 Å². The molecule has 2 N–H and O–H groups in total. The number of benzene rings is 2. The second-order valence-electron chi connectivity index (χ2n) is 5.31. The number of rotatable bonds is 2. The van der Waals surface area contributed by atoms with E-state index >= 15 is 0 Å². The Kier molecular flexibility index (Phi) is 3.39. The third-order valence-corrected chi connectivity index (χ3v) is 4.65. The number of nitrogens with one attached hydrogen (secondary N) is 2. The number of halogens is 2. The molecule has 1 unspecified atom stereocenters. The maximum absolute atomic E-state index is 12.4. The summed E-state index contributed by atoms with van der Waals surface area (Å²) < 4.78 is 0. The zero-order valence-corrected chi connectivity index (χ0v) is 13.4. The maximum atomic E-state index is 12.4. The van der Waals surface area contributed by atoms with Crippen LogP contribution in [0.15, 0.2) is 42.7 Å². The molecule has 0 saturated carbocycles. The minimum atomic E-state index is -0.264. The number of carbonyl (C=O) groups excluding carboxylic acids is 1. The van der Waals surface area contributed by atoms with Crippen LogP contribution in [0.2, 0.25) is 10.0 Å². The molecule has 0 spiro atoms. The number of imidazole rings is 1. The number of carbonyl (C=O) groups is 1. The molecular formula is C16H12Cl2N4O. The molecule has 2 amide bonds. The van der Waals surface area contributed by atoms with Crippen molar-refractivity contribution in [1.29, 1.82) is 0 Å². The summed E-state index contributed by atoms with van der Waals surface area (Å²) in [7, 11) is 0. The highest BCUT2D eigenvalue weighted by Gasteiger charge is 2.35. The molecule has 1 aliphatic heterocycles. The van der Waals surface area contributed by atoms with Crippen LogP contribution in [-0.2, 0) is 0 Å². The molecular weight excluding hydrogens is 335 g/mol. The fourth-order valence-corrected chi connectivity index (χ4v) is 3.58. The van der Waals surface area contributed by atoms with Gasteiger partial charge < -0.3 is 10.3 Å². The molecule has 1 aromatic heterocycles. The monoisotopic (exact) mass is 346 g/mol. The molecule has 0 radical (unpaired) electrons. The van der Waals surface area contributed by atoms with E-state index in [1.54, 1.807) is 29.4 Å². The average Bonchev–Trinajstić information content (AvgIpc) is 3.13. The topological polar surface area (TPSA) is 61.0 Å². The van der Waals surface area contributed by atoms with Crippen molar-refractivity contribution in [1.82, 2.24) is 15.3 Å². The summed E-state index contributed by atoms with van der Waals surface area (Å²) in [5.41, 5.74) is 3.21. The molecule has 116 valence electrons. The van der Waals surface area contributed by atoms with Gasteiger partial charge in [0.05, 0.1) is 23.4 Å². The van der Waals surface area contributed by atoms with Crippen molar-refractivity contribution >= 4 is 46.0 Å². The standard InChI is InChI=1S/C16H12Cl2N4O/c17-10-2-1-3-11(18)15(10)14-7-19-16(23)22(14)9-4-5-12-13(6-9)21-8-20-12/h1-6,8,14H,7H2,(H,19,23)(H,20,21). The van der Waals surface area contributed by atoms with Crippen molar-refractivity contribution in [2.24, 2.45) is 0 Å². The molecule has 2 heterocycles. The largest absolute Gasteiger partial charge is 0.345 e. The smallest absolute Gasteiger partial charge is 0.322 e. The molecule has 1 aliphatic rings. The number of anilines is 1. The van der Waals surface area contributed by atoms with Gasteiger partial charge in [-0.05, 0) is 30.3 Å². The second kappa shape index (κ2) is 5.44. The molecule has 0 aliphatic carbocycles. The Morgan fingerprint density at radius 2 is 1.96 bits per heavy atom. The molecule has 1 atom stereocenters. The first kappa shape index (κ1) is 14.4. The van der Waals surface area contributed by atoms with Gasteiger partial charge in [0, 0.05) is 27.8 Å². The molecule has 7 heteroatoms. The van der Waals surface area contributed by atoms with E-state index < -0.39 is 0 Å². The zero-order valence-electron chi connectivity index (χ0n) is 11.9. The summed E-state index contributed by atoms with van der Waals surface area (Å²) in [4.78, 5) is 21.3. The van der Waals surface area contributed by atoms with E-state index in [1.807, 2.05) is 18.2 Å². The van der Waals surface area contributed by atoms with Crippen LogP contribution in [0, 0.1) is 0 Å². The van der Waals surface area contributed by atoms with Crippen molar-refractivity contribution < 1.29 is 4.79 Å². The summed E-state index contributed by atoms with van der Waals surface area (Å²) in [6.45, 7) is 0.445. The zero-order chi connectivity index (χ0) is 16.0.